The Labute approximate surface area is 66.4 Å². The van der Waals surface area contributed by atoms with Crippen molar-refractivity contribution in [3.05, 3.63) is 0 Å². The molecule has 4 nitrogen and oxygen atoms in total. The molecule has 0 saturated carbocycles. The predicted octanol–water partition coefficient (Wildman–Crippen LogP) is -0.557. The van der Waals surface area contributed by atoms with Gasteiger partial charge < -0.3 is 0 Å². The molecule has 1 atom stereocenters. The van der Waals surface area contributed by atoms with Crippen LogP contribution in [0.1, 0.15) is 0 Å². The zero-order valence-electron chi connectivity index (χ0n) is 6.15. The summed E-state index contributed by atoms with van der Waals surface area (Å²) in [6, 6.07) is 0. The molecule has 0 aliphatic carbocycles. The van der Waals surface area contributed by atoms with E-state index >= 15 is 0 Å². The number of hydrogen-bond donors (Lipinski definition) is 0. The van der Waals surface area contributed by atoms with Gasteiger partial charge in [0.1, 0.15) is 0 Å². The summed E-state index contributed by atoms with van der Waals surface area (Å²) >= 11 is 0. The van der Waals surface area contributed by atoms with Crippen molar-refractivity contribution in [2.24, 2.45) is 5.92 Å². The van der Waals surface area contributed by atoms with Crippen molar-refractivity contribution >= 4 is 10.3 Å². The van der Waals surface area contributed by atoms with E-state index in [1.165, 1.54) is 7.05 Å². The summed E-state index contributed by atoms with van der Waals surface area (Å²) in [7, 11) is -2.02. The molecule has 0 spiro atoms. The minimum Gasteiger partial charge on any atom is -0.257 e. The van der Waals surface area contributed by atoms with Crippen LogP contribution in [0.15, 0.2) is 0 Å². The van der Waals surface area contributed by atoms with Crippen LogP contribution in [0.4, 0.5) is 0 Å². The quantitative estimate of drug-likeness (QED) is 0.464. The molecule has 1 aliphatic rings. The molecule has 0 bridgehead atoms. The third-order valence-corrected chi connectivity index (χ3v) is 2.86. The van der Waals surface area contributed by atoms with Crippen molar-refractivity contribution < 1.29 is 12.6 Å². The monoisotopic (exact) mass is 175 g/mol. The van der Waals surface area contributed by atoms with Crippen LogP contribution in [-0.2, 0) is 14.5 Å². The molecule has 11 heavy (non-hydrogen) atoms. The lowest BCUT2D eigenvalue weighted by molar-refractivity contribution is 0.199. The van der Waals surface area contributed by atoms with Crippen molar-refractivity contribution in [3.63, 3.8) is 0 Å². The lowest BCUT2D eigenvalue weighted by Crippen LogP contribution is -2.40. The zero-order valence-corrected chi connectivity index (χ0v) is 6.97. The van der Waals surface area contributed by atoms with Crippen molar-refractivity contribution in [2.75, 3.05) is 20.2 Å². The summed E-state index contributed by atoms with van der Waals surface area (Å²) < 4.78 is 27.4. The lowest BCUT2D eigenvalue weighted by Gasteiger charge is -2.25. The van der Waals surface area contributed by atoms with E-state index < -0.39 is 10.3 Å². The van der Waals surface area contributed by atoms with Crippen LogP contribution < -0.4 is 0 Å². The van der Waals surface area contributed by atoms with Gasteiger partial charge in [0.15, 0.2) is 0 Å². The molecule has 5 heteroatoms. The molecule has 1 unspecified atom stereocenters. The Morgan fingerprint density at radius 3 is 2.82 bits per heavy atom. The first kappa shape index (κ1) is 8.53. The molecule has 0 N–H and O–H groups in total. The summed E-state index contributed by atoms with van der Waals surface area (Å²) in [5, 5.41) is 0. The highest BCUT2D eigenvalue weighted by Crippen LogP contribution is 2.12. The Hall–Kier alpha value is -0.570. The largest absolute Gasteiger partial charge is 0.338 e. The fourth-order valence-corrected chi connectivity index (χ4v) is 1.69. The Bertz CT molecular complexity index is 277. The standard InChI is InChI=1S/C6H9NO3S/c1-3-6-4-7(2)11(8,9)10-5-6/h1,6H,4-5H2,2H3. The van der Waals surface area contributed by atoms with Crippen molar-refractivity contribution in [1.82, 2.24) is 4.31 Å². The van der Waals surface area contributed by atoms with Crippen molar-refractivity contribution in [3.8, 4) is 12.3 Å². The van der Waals surface area contributed by atoms with E-state index in [4.69, 9.17) is 6.42 Å². The van der Waals surface area contributed by atoms with Crippen LogP contribution in [0.5, 0.6) is 0 Å². The molecule has 0 aromatic heterocycles. The van der Waals surface area contributed by atoms with E-state index in [2.05, 4.69) is 10.1 Å². The fourth-order valence-electron chi connectivity index (χ4n) is 0.813. The SMILES string of the molecule is C#CC1COS(=O)(=O)N(C)C1. The second-order valence-electron chi connectivity index (χ2n) is 2.39. The molecule has 1 saturated heterocycles. The van der Waals surface area contributed by atoms with Crippen LogP contribution in [0.3, 0.4) is 0 Å². The van der Waals surface area contributed by atoms with Gasteiger partial charge in [-0.3, -0.25) is 4.18 Å². The van der Waals surface area contributed by atoms with Crippen LogP contribution in [-0.4, -0.2) is 32.9 Å². The number of terminal acetylenes is 1. The van der Waals surface area contributed by atoms with Crippen LogP contribution in [0.25, 0.3) is 0 Å². The third kappa shape index (κ3) is 1.71. The summed E-state index contributed by atoms with van der Waals surface area (Å²) in [6.07, 6.45) is 5.10. The third-order valence-electron chi connectivity index (χ3n) is 1.51. The smallest absolute Gasteiger partial charge is 0.257 e. The highest BCUT2D eigenvalue weighted by molar-refractivity contribution is 7.84. The van der Waals surface area contributed by atoms with Gasteiger partial charge in [-0.25, -0.2) is 0 Å². The molecule has 1 aliphatic heterocycles. The second kappa shape index (κ2) is 2.81. The Morgan fingerprint density at radius 2 is 2.36 bits per heavy atom. The minimum absolute atomic E-state index is 0.100. The summed E-state index contributed by atoms with van der Waals surface area (Å²) in [4.78, 5) is 0. The molecule has 0 radical (unpaired) electrons. The zero-order chi connectivity index (χ0) is 8.48. The van der Waals surface area contributed by atoms with E-state index in [0.29, 0.717) is 6.54 Å². The molecular weight excluding hydrogens is 166 g/mol. The molecule has 1 rings (SSSR count). The maximum atomic E-state index is 10.9. The Kier molecular flexibility index (Phi) is 2.18. The maximum absolute atomic E-state index is 10.9. The second-order valence-corrected chi connectivity index (χ2v) is 4.10. The normalized spacial score (nSPS) is 31.1. The van der Waals surface area contributed by atoms with Crippen LogP contribution in [0, 0.1) is 18.3 Å². The molecule has 1 heterocycles. The molecule has 62 valence electrons. The molecule has 0 aromatic rings. The van der Waals surface area contributed by atoms with E-state index in [-0.39, 0.29) is 12.5 Å². The molecule has 0 amide bonds. The van der Waals surface area contributed by atoms with Crippen LogP contribution >= 0.6 is 0 Å². The minimum atomic E-state index is -3.47. The fraction of sp³-hybridized carbons (Fsp3) is 0.667. The van der Waals surface area contributed by atoms with Crippen molar-refractivity contribution in [2.45, 2.75) is 0 Å². The maximum Gasteiger partial charge on any atom is 0.338 e. The first-order chi connectivity index (χ1) is 5.06. The highest BCUT2D eigenvalue weighted by Gasteiger charge is 2.28. The van der Waals surface area contributed by atoms with Gasteiger partial charge in [-0.1, -0.05) is 5.92 Å². The van der Waals surface area contributed by atoms with Gasteiger partial charge in [-0.15, -0.1) is 6.42 Å². The lowest BCUT2D eigenvalue weighted by atomic mass is 10.2. The first-order valence-electron chi connectivity index (χ1n) is 3.13. The van der Waals surface area contributed by atoms with Crippen molar-refractivity contribution in [1.29, 1.82) is 0 Å². The molecule has 0 aromatic carbocycles. The topological polar surface area (TPSA) is 46.6 Å². The van der Waals surface area contributed by atoms with E-state index in [0.717, 1.165) is 4.31 Å². The van der Waals surface area contributed by atoms with Gasteiger partial charge in [-0.05, 0) is 0 Å². The van der Waals surface area contributed by atoms with E-state index in [1.807, 2.05) is 0 Å². The Balaban J connectivity index is 2.72. The molecular formula is C6H9NO3S. The summed E-state index contributed by atoms with van der Waals surface area (Å²) in [6.45, 7) is 0.446. The molecule has 1 fully saturated rings. The predicted molar refractivity (Wildman–Crippen MR) is 39.8 cm³/mol. The summed E-state index contributed by atoms with van der Waals surface area (Å²) in [5.41, 5.74) is 0. The van der Waals surface area contributed by atoms with Gasteiger partial charge in [0, 0.05) is 13.6 Å². The van der Waals surface area contributed by atoms with Gasteiger partial charge >= 0.3 is 10.3 Å². The van der Waals surface area contributed by atoms with E-state index in [1.54, 1.807) is 0 Å². The number of hydrogen-bond acceptors (Lipinski definition) is 3. The average Bonchev–Trinajstić information content (AvgIpc) is 1.95. The van der Waals surface area contributed by atoms with Gasteiger partial charge in [-0.2, -0.15) is 12.7 Å². The van der Waals surface area contributed by atoms with Gasteiger partial charge in [0.25, 0.3) is 0 Å². The number of rotatable bonds is 0. The first-order valence-corrected chi connectivity index (χ1v) is 4.49. The van der Waals surface area contributed by atoms with Gasteiger partial charge in [0.2, 0.25) is 0 Å². The number of nitrogens with zero attached hydrogens (tertiary/aromatic N) is 1. The Morgan fingerprint density at radius 1 is 1.73 bits per heavy atom. The highest BCUT2D eigenvalue weighted by atomic mass is 32.2. The van der Waals surface area contributed by atoms with E-state index in [9.17, 15) is 8.42 Å². The van der Waals surface area contributed by atoms with Crippen LogP contribution in [0.2, 0.25) is 0 Å². The van der Waals surface area contributed by atoms with Gasteiger partial charge in [0.05, 0.1) is 12.5 Å². The summed E-state index contributed by atoms with van der Waals surface area (Å²) in [5.74, 6) is 2.32. The average molecular weight is 175 g/mol.